The number of aromatic nitrogens is 2. The van der Waals surface area contributed by atoms with Gasteiger partial charge in [0.15, 0.2) is 4.77 Å². The van der Waals surface area contributed by atoms with Crippen LogP contribution in [0.15, 0.2) is 4.79 Å². The molecule has 1 aromatic rings. The van der Waals surface area contributed by atoms with Gasteiger partial charge in [0.25, 0.3) is 5.56 Å². The van der Waals surface area contributed by atoms with Crippen molar-refractivity contribution in [2.75, 3.05) is 0 Å². The monoisotopic (exact) mass is 221 g/mol. The van der Waals surface area contributed by atoms with Crippen LogP contribution in [0, 0.1) is 16.1 Å². The largest absolute Gasteiger partial charge is 0.334 e. The van der Waals surface area contributed by atoms with Gasteiger partial charge in [0.05, 0.1) is 0 Å². The zero-order chi connectivity index (χ0) is 10.8. The molecule has 0 unspecified atom stereocenters. The Hall–Kier alpha value is -1.41. The molecular weight excluding hydrogens is 210 g/mol. The summed E-state index contributed by atoms with van der Waals surface area (Å²) >= 11 is 4.91. The number of aromatic amines is 2. The fourth-order valence-corrected chi connectivity index (χ4v) is 2.34. The van der Waals surface area contributed by atoms with Crippen molar-refractivity contribution in [2.24, 2.45) is 0 Å². The van der Waals surface area contributed by atoms with E-state index in [0.717, 1.165) is 31.4 Å². The molecule has 0 atom stereocenters. The van der Waals surface area contributed by atoms with Crippen molar-refractivity contribution in [3.05, 3.63) is 26.4 Å². The molecule has 2 rings (SSSR count). The second-order valence-corrected chi connectivity index (χ2v) is 4.20. The molecule has 0 amide bonds. The standard InChI is InChI=1S/C10H11N3OS/c11-5-7-8(6-3-1-2-4-6)12-10(15)13-9(7)14/h6H,1-4H2,(H2,12,13,14,15). The summed E-state index contributed by atoms with van der Waals surface area (Å²) in [5.41, 5.74) is 0.544. The molecule has 15 heavy (non-hydrogen) atoms. The van der Waals surface area contributed by atoms with Crippen molar-refractivity contribution in [2.45, 2.75) is 31.6 Å². The lowest BCUT2D eigenvalue weighted by Gasteiger charge is -2.09. The first-order valence-corrected chi connectivity index (χ1v) is 5.40. The number of nitriles is 1. The second kappa shape index (κ2) is 3.99. The number of nitrogens with zero attached hydrogens (tertiary/aromatic N) is 1. The Morgan fingerprint density at radius 2 is 2.00 bits per heavy atom. The summed E-state index contributed by atoms with van der Waals surface area (Å²) in [6, 6.07) is 1.95. The summed E-state index contributed by atoms with van der Waals surface area (Å²) in [5, 5.41) is 8.93. The van der Waals surface area contributed by atoms with E-state index in [-0.39, 0.29) is 11.1 Å². The predicted molar refractivity (Wildman–Crippen MR) is 58.2 cm³/mol. The highest BCUT2D eigenvalue weighted by Gasteiger charge is 2.22. The quantitative estimate of drug-likeness (QED) is 0.712. The van der Waals surface area contributed by atoms with Gasteiger partial charge in [-0.15, -0.1) is 0 Å². The summed E-state index contributed by atoms with van der Waals surface area (Å²) in [5.74, 6) is 0.295. The average molecular weight is 221 g/mol. The molecule has 1 aromatic heterocycles. The van der Waals surface area contributed by atoms with E-state index >= 15 is 0 Å². The van der Waals surface area contributed by atoms with Crippen LogP contribution in [0.3, 0.4) is 0 Å². The molecule has 0 aromatic carbocycles. The molecule has 0 bridgehead atoms. The average Bonchev–Trinajstić information content (AvgIpc) is 2.69. The molecule has 2 N–H and O–H groups in total. The number of rotatable bonds is 1. The van der Waals surface area contributed by atoms with Crippen LogP contribution in [-0.4, -0.2) is 9.97 Å². The third kappa shape index (κ3) is 1.85. The van der Waals surface area contributed by atoms with Gasteiger partial charge in [0.2, 0.25) is 0 Å². The normalized spacial score (nSPS) is 16.5. The highest BCUT2D eigenvalue weighted by molar-refractivity contribution is 7.71. The van der Waals surface area contributed by atoms with Crippen molar-refractivity contribution in [1.82, 2.24) is 9.97 Å². The molecule has 1 aliphatic rings. The number of H-pyrrole nitrogens is 2. The van der Waals surface area contributed by atoms with E-state index in [2.05, 4.69) is 9.97 Å². The maximum Gasteiger partial charge on any atom is 0.269 e. The van der Waals surface area contributed by atoms with E-state index in [4.69, 9.17) is 17.5 Å². The molecule has 1 fully saturated rings. The Morgan fingerprint density at radius 3 is 2.60 bits per heavy atom. The first-order chi connectivity index (χ1) is 7.22. The summed E-state index contributed by atoms with van der Waals surface area (Å²) in [4.78, 5) is 16.9. The van der Waals surface area contributed by atoms with Crippen LogP contribution < -0.4 is 5.56 Å². The summed E-state index contributed by atoms with van der Waals surface area (Å²) < 4.78 is 0.306. The van der Waals surface area contributed by atoms with Crippen LogP contribution in [-0.2, 0) is 0 Å². The third-order valence-electron chi connectivity index (χ3n) is 2.85. The van der Waals surface area contributed by atoms with Crippen molar-refractivity contribution in [1.29, 1.82) is 5.26 Å². The molecule has 1 saturated carbocycles. The van der Waals surface area contributed by atoms with Gasteiger partial charge in [-0.2, -0.15) is 5.26 Å². The first-order valence-electron chi connectivity index (χ1n) is 4.99. The number of nitrogens with one attached hydrogen (secondary N) is 2. The molecular formula is C10H11N3OS. The van der Waals surface area contributed by atoms with Crippen LogP contribution in [0.1, 0.15) is 42.9 Å². The van der Waals surface area contributed by atoms with Gasteiger partial charge in [-0.3, -0.25) is 9.78 Å². The Bertz CT molecular complexity index is 517. The summed E-state index contributed by atoms with van der Waals surface area (Å²) in [6.45, 7) is 0. The molecule has 0 radical (unpaired) electrons. The molecule has 1 heterocycles. The Morgan fingerprint density at radius 1 is 1.33 bits per heavy atom. The fourth-order valence-electron chi connectivity index (χ4n) is 2.14. The predicted octanol–water partition coefficient (Wildman–Crippen LogP) is 1.96. The molecule has 5 heteroatoms. The number of hydrogen-bond donors (Lipinski definition) is 2. The van der Waals surface area contributed by atoms with Gasteiger partial charge < -0.3 is 4.98 Å². The maximum absolute atomic E-state index is 11.5. The highest BCUT2D eigenvalue weighted by atomic mass is 32.1. The molecule has 0 saturated heterocycles. The van der Waals surface area contributed by atoms with Crippen LogP contribution in [0.2, 0.25) is 0 Å². The lowest BCUT2D eigenvalue weighted by Crippen LogP contribution is -2.17. The number of hydrogen-bond acceptors (Lipinski definition) is 3. The van der Waals surface area contributed by atoms with Crippen LogP contribution in [0.25, 0.3) is 0 Å². The van der Waals surface area contributed by atoms with E-state index in [0.29, 0.717) is 10.7 Å². The SMILES string of the molecule is N#Cc1c(C2CCCC2)[nH]c(=S)[nH]c1=O. The third-order valence-corrected chi connectivity index (χ3v) is 3.05. The van der Waals surface area contributed by atoms with Crippen molar-refractivity contribution < 1.29 is 0 Å². The van der Waals surface area contributed by atoms with Gasteiger partial charge in [-0.1, -0.05) is 12.8 Å². The van der Waals surface area contributed by atoms with Gasteiger partial charge in [0, 0.05) is 11.6 Å². The maximum atomic E-state index is 11.5. The lowest BCUT2D eigenvalue weighted by molar-refractivity contribution is 0.686. The lowest BCUT2D eigenvalue weighted by atomic mass is 10.0. The minimum Gasteiger partial charge on any atom is -0.334 e. The van der Waals surface area contributed by atoms with Gasteiger partial charge in [0.1, 0.15) is 11.6 Å². The molecule has 1 aliphatic carbocycles. The van der Waals surface area contributed by atoms with Crippen LogP contribution in [0.4, 0.5) is 0 Å². The molecule has 4 nitrogen and oxygen atoms in total. The minimum atomic E-state index is -0.372. The summed E-state index contributed by atoms with van der Waals surface area (Å²) in [6.07, 6.45) is 4.37. The van der Waals surface area contributed by atoms with Crippen molar-refractivity contribution in [3.8, 4) is 6.07 Å². The Balaban J connectivity index is 2.59. The van der Waals surface area contributed by atoms with E-state index in [1.807, 2.05) is 6.07 Å². The molecule has 0 aliphatic heterocycles. The van der Waals surface area contributed by atoms with Gasteiger partial charge in [-0.25, -0.2) is 0 Å². The summed E-state index contributed by atoms with van der Waals surface area (Å²) in [7, 11) is 0. The zero-order valence-corrected chi connectivity index (χ0v) is 8.99. The zero-order valence-electron chi connectivity index (χ0n) is 8.17. The highest BCUT2D eigenvalue weighted by Crippen LogP contribution is 2.33. The van der Waals surface area contributed by atoms with Crippen LogP contribution >= 0.6 is 12.2 Å². The smallest absolute Gasteiger partial charge is 0.269 e. The fraction of sp³-hybridized carbons (Fsp3) is 0.500. The molecule has 78 valence electrons. The Kier molecular flexibility index (Phi) is 2.69. The van der Waals surface area contributed by atoms with Crippen molar-refractivity contribution >= 4 is 12.2 Å². The van der Waals surface area contributed by atoms with Crippen molar-refractivity contribution in [3.63, 3.8) is 0 Å². The topological polar surface area (TPSA) is 72.4 Å². The first kappa shape index (κ1) is 10.1. The van der Waals surface area contributed by atoms with E-state index in [9.17, 15) is 4.79 Å². The van der Waals surface area contributed by atoms with E-state index in [1.165, 1.54) is 0 Å². The van der Waals surface area contributed by atoms with E-state index < -0.39 is 0 Å². The second-order valence-electron chi connectivity index (χ2n) is 3.79. The molecule has 0 spiro atoms. The van der Waals surface area contributed by atoms with Crippen LogP contribution in [0.5, 0.6) is 0 Å². The van der Waals surface area contributed by atoms with Gasteiger partial charge >= 0.3 is 0 Å². The minimum absolute atomic E-state index is 0.190. The van der Waals surface area contributed by atoms with Gasteiger partial charge in [-0.05, 0) is 25.1 Å². The Labute approximate surface area is 92.0 Å². The van der Waals surface area contributed by atoms with E-state index in [1.54, 1.807) is 0 Å².